The number of esters is 1. The maximum Gasteiger partial charge on any atom is 0.416 e. The minimum Gasteiger partial charge on any atom is -0.455 e. The van der Waals surface area contributed by atoms with Gasteiger partial charge in [0.15, 0.2) is 6.61 Å². The second-order valence-electron chi connectivity index (χ2n) is 6.80. The molecule has 0 N–H and O–H groups in total. The van der Waals surface area contributed by atoms with Crippen molar-refractivity contribution in [2.24, 2.45) is 0 Å². The van der Waals surface area contributed by atoms with Crippen LogP contribution >= 0.6 is 11.8 Å². The van der Waals surface area contributed by atoms with Gasteiger partial charge >= 0.3 is 12.1 Å². The number of amides is 1. The molecule has 31 heavy (non-hydrogen) atoms. The molecule has 1 amide bonds. The van der Waals surface area contributed by atoms with E-state index in [1.807, 2.05) is 36.4 Å². The van der Waals surface area contributed by atoms with Gasteiger partial charge in [0, 0.05) is 9.79 Å². The van der Waals surface area contributed by atoms with Crippen LogP contribution in [0.25, 0.3) is 0 Å². The number of carbonyl (C=O) groups is 2. The summed E-state index contributed by atoms with van der Waals surface area (Å²) in [6.07, 6.45) is -4.86. The number of benzene rings is 3. The summed E-state index contributed by atoms with van der Waals surface area (Å²) in [6.45, 7) is -0.523. The van der Waals surface area contributed by atoms with Crippen molar-refractivity contribution in [3.8, 4) is 0 Å². The average Bonchev–Trinajstić information content (AvgIpc) is 2.75. The minimum absolute atomic E-state index is 0.164. The number of hydrogen-bond donors (Lipinski definition) is 0. The van der Waals surface area contributed by atoms with Gasteiger partial charge in [0.25, 0.3) is 5.91 Å². The smallest absolute Gasteiger partial charge is 0.416 e. The van der Waals surface area contributed by atoms with E-state index in [2.05, 4.69) is 0 Å². The van der Waals surface area contributed by atoms with Crippen LogP contribution in [-0.2, 0) is 26.9 Å². The van der Waals surface area contributed by atoms with E-state index in [0.717, 1.165) is 21.9 Å². The van der Waals surface area contributed by atoms with Crippen LogP contribution in [0.4, 0.5) is 24.5 Å². The molecule has 0 bridgehead atoms. The molecule has 0 spiro atoms. The Morgan fingerprint density at radius 1 is 0.871 bits per heavy atom. The molecule has 0 aliphatic carbocycles. The van der Waals surface area contributed by atoms with Gasteiger partial charge in [-0.15, -0.1) is 0 Å². The lowest BCUT2D eigenvalue weighted by molar-refractivity contribution is -0.147. The van der Waals surface area contributed by atoms with Crippen LogP contribution < -0.4 is 4.90 Å². The number of ether oxygens (including phenoxy) is 1. The maximum atomic E-state index is 13.0. The van der Waals surface area contributed by atoms with Crippen molar-refractivity contribution in [2.75, 3.05) is 11.5 Å². The number of hydrogen-bond acceptors (Lipinski definition) is 4. The van der Waals surface area contributed by atoms with Crippen molar-refractivity contribution >= 4 is 35.0 Å². The Balaban J connectivity index is 1.47. The van der Waals surface area contributed by atoms with Gasteiger partial charge in [0.05, 0.1) is 23.4 Å². The molecule has 1 heterocycles. The summed E-state index contributed by atoms with van der Waals surface area (Å²) in [5, 5.41) is 0. The summed E-state index contributed by atoms with van der Waals surface area (Å²) in [4.78, 5) is 28.4. The third kappa shape index (κ3) is 4.59. The molecule has 0 unspecified atom stereocenters. The Kier molecular flexibility index (Phi) is 5.73. The topological polar surface area (TPSA) is 46.6 Å². The SMILES string of the molecule is O=C(Cc1cccc(C(F)(F)F)c1)OCC(=O)N1c2ccccc2Sc2ccccc21. The Morgan fingerprint density at radius 3 is 2.10 bits per heavy atom. The summed E-state index contributed by atoms with van der Waals surface area (Å²) in [5.41, 5.74) is 0.695. The third-order valence-corrected chi connectivity index (χ3v) is 5.77. The van der Waals surface area contributed by atoms with Crippen molar-refractivity contribution < 1.29 is 27.5 Å². The molecule has 1 aliphatic rings. The minimum atomic E-state index is -4.50. The molecule has 3 aromatic carbocycles. The van der Waals surface area contributed by atoms with Crippen molar-refractivity contribution in [3.05, 3.63) is 83.9 Å². The highest BCUT2D eigenvalue weighted by Crippen LogP contribution is 2.47. The number of para-hydroxylation sites is 2. The quantitative estimate of drug-likeness (QED) is 0.491. The highest BCUT2D eigenvalue weighted by Gasteiger charge is 2.31. The largest absolute Gasteiger partial charge is 0.455 e. The predicted octanol–water partition coefficient (Wildman–Crippen LogP) is 5.62. The van der Waals surface area contributed by atoms with E-state index in [1.54, 1.807) is 12.1 Å². The van der Waals surface area contributed by atoms with Crippen LogP contribution in [-0.4, -0.2) is 18.5 Å². The Hall–Kier alpha value is -3.26. The van der Waals surface area contributed by atoms with Crippen LogP contribution in [0.15, 0.2) is 82.6 Å². The second-order valence-corrected chi connectivity index (χ2v) is 7.89. The van der Waals surface area contributed by atoms with Gasteiger partial charge in [-0.25, -0.2) is 0 Å². The lowest BCUT2D eigenvalue weighted by Crippen LogP contribution is -2.32. The van der Waals surface area contributed by atoms with Crippen LogP contribution in [0.2, 0.25) is 0 Å². The highest BCUT2D eigenvalue weighted by molar-refractivity contribution is 7.99. The monoisotopic (exact) mass is 443 g/mol. The fourth-order valence-corrected chi connectivity index (χ4v) is 4.31. The van der Waals surface area contributed by atoms with Gasteiger partial charge in [-0.2, -0.15) is 13.2 Å². The third-order valence-electron chi connectivity index (χ3n) is 4.64. The van der Waals surface area contributed by atoms with E-state index in [0.29, 0.717) is 11.4 Å². The molecule has 0 saturated carbocycles. The Morgan fingerprint density at radius 2 is 1.48 bits per heavy atom. The van der Waals surface area contributed by atoms with Crippen LogP contribution in [0.3, 0.4) is 0 Å². The van der Waals surface area contributed by atoms with Crippen molar-refractivity contribution in [3.63, 3.8) is 0 Å². The summed E-state index contributed by atoms with van der Waals surface area (Å²) in [6, 6.07) is 19.3. The van der Waals surface area contributed by atoms with E-state index >= 15 is 0 Å². The lowest BCUT2D eigenvalue weighted by atomic mass is 10.1. The molecular formula is C23H16F3NO3S. The van der Waals surface area contributed by atoms with Gasteiger partial charge < -0.3 is 4.74 Å². The van der Waals surface area contributed by atoms with E-state index in [9.17, 15) is 22.8 Å². The summed E-state index contributed by atoms with van der Waals surface area (Å²) in [7, 11) is 0. The molecule has 0 atom stereocenters. The molecule has 4 nitrogen and oxygen atoms in total. The van der Waals surface area contributed by atoms with E-state index < -0.39 is 30.2 Å². The molecule has 0 radical (unpaired) electrons. The van der Waals surface area contributed by atoms with Crippen LogP contribution in [0.5, 0.6) is 0 Å². The first-order valence-corrected chi connectivity index (χ1v) is 10.2. The second kappa shape index (κ2) is 8.47. The zero-order valence-corrected chi connectivity index (χ0v) is 16.9. The number of nitrogens with zero attached hydrogens (tertiary/aromatic N) is 1. The number of alkyl halides is 3. The molecule has 1 aliphatic heterocycles. The molecule has 158 valence electrons. The summed E-state index contributed by atoms with van der Waals surface area (Å²) >= 11 is 1.54. The van der Waals surface area contributed by atoms with Gasteiger partial charge in [0.2, 0.25) is 0 Å². The van der Waals surface area contributed by atoms with Crippen molar-refractivity contribution in [2.45, 2.75) is 22.4 Å². The highest BCUT2D eigenvalue weighted by atomic mass is 32.2. The summed E-state index contributed by atoms with van der Waals surface area (Å²) < 4.78 is 43.6. The summed E-state index contributed by atoms with van der Waals surface area (Å²) in [5.74, 6) is -1.22. The predicted molar refractivity (Wildman–Crippen MR) is 110 cm³/mol. The number of halogens is 3. The zero-order chi connectivity index (χ0) is 22.0. The molecule has 4 rings (SSSR count). The van der Waals surface area contributed by atoms with Gasteiger partial charge in [-0.3, -0.25) is 14.5 Å². The zero-order valence-electron chi connectivity index (χ0n) is 16.1. The van der Waals surface area contributed by atoms with Crippen molar-refractivity contribution in [1.29, 1.82) is 0 Å². The fraction of sp³-hybridized carbons (Fsp3) is 0.130. The van der Waals surface area contributed by atoms with Gasteiger partial charge in [-0.05, 0) is 35.9 Å². The number of carbonyl (C=O) groups excluding carboxylic acids is 2. The normalized spacial score (nSPS) is 12.7. The number of fused-ring (bicyclic) bond motifs is 2. The van der Waals surface area contributed by atoms with Crippen LogP contribution in [0.1, 0.15) is 11.1 Å². The first-order valence-electron chi connectivity index (χ1n) is 9.33. The average molecular weight is 443 g/mol. The number of anilines is 2. The first kappa shape index (κ1) is 21.0. The molecule has 0 saturated heterocycles. The lowest BCUT2D eigenvalue weighted by Gasteiger charge is -2.30. The first-order chi connectivity index (χ1) is 14.8. The van der Waals surface area contributed by atoms with E-state index in [1.165, 1.54) is 28.8 Å². The fourth-order valence-electron chi connectivity index (χ4n) is 3.26. The van der Waals surface area contributed by atoms with E-state index in [-0.39, 0.29) is 12.0 Å². The molecule has 0 fully saturated rings. The molecule has 0 aromatic heterocycles. The number of rotatable bonds is 4. The molecular weight excluding hydrogens is 427 g/mol. The Labute approximate surface area is 180 Å². The standard InChI is InChI=1S/C23H16F3NO3S/c24-23(25,26)16-7-5-6-15(12-16)13-22(29)30-14-21(28)27-17-8-1-3-10-19(17)31-20-11-4-2-9-18(20)27/h1-12H,13-14H2. The van der Waals surface area contributed by atoms with Gasteiger partial charge in [-0.1, -0.05) is 54.2 Å². The van der Waals surface area contributed by atoms with Crippen LogP contribution in [0, 0.1) is 0 Å². The Bertz CT molecular complexity index is 1100. The molecule has 3 aromatic rings. The molecule has 8 heteroatoms. The van der Waals surface area contributed by atoms with Crippen molar-refractivity contribution in [1.82, 2.24) is 0 Å². The van der Waals surface area contributed by atoms with E-state index in [4.69, 9.17) is 4.74 Å². The van der Waals surface area contributed by atoms with Gasteiger partial charge in [0.1, 0.15) is 0 Å². The maximum absolute atomic E-state index is 13.0.